The average Bonchev–Trinajstić information content (AvgIpc) is 2.08. The Morgan fingerprint density at radius 3 is 2.79 bits per heavy atom. The van der Waals surface area contributed by atoms with Gasteiger partial charge in [-0.3, -0.25) is 0 Å². The summed E-state index contributed by atoms with van der Waals surface area (Å²) in [5.74, 6) is 0. The lowest BCUT2D eigenvalue weighted by Crippen LogP contribution is -2.24. The molecule has 0 heterocycles. The van der Waals surface area contributed by atoms with Crippen LogP contribution >= 0.6 is 23.2 Å². The summed E-state index contributed by atoms with van der Waals surface area (Å²) in [6.45, 7) is 0. The highest BCUT2D eigenvalue weighted by Crippen LogP contribution is 2.19. The highest BCUT2D eigenvalue weighted by atomic mass is 35.5. The summed E-state index contributed by atoms with van der Waals surface area (Å²) in [5, 5.41) is 4.54. The molecule has 14 heavy (non-hydrogen) atoms. The molecule has 0 aliphatic carbocycles. The van der Waals surface area contributed by atoms with Gasteiger partial charge in [0.15, 0.2) is 0 Å². The zero-order valence-corrected chi connectivity index (χ0v) is 8.51. The maximum atomic E-state index is 10.3. The Morgan fingerprint density at radius 1 is 1.50 bits per heavy atom. The number of hydrazone groups is 1. The number of nitrogens with zero attached hydrogens (tertiary/aromatic N) is 1. The molecule has 4 nitrogen and oxygen atoms in total. The van der Waals surface area contributed by atoms with Crippen LogP contribution in [0.25, 0.3) is 0 Å². The first kappa shape index (κ1) is 10.8. The molecule has 0 aliphatic heterocycles. The van der Waals surface area contributed by atoms with Crippen LogP contribution in [0.5, 0.6) is 0 Å². The Balaban J connectivity index is 2.76. The fourth-order valence-corrected chi connectivity index (χ4v) is 1.23. The third-order valence-corrected chi connectivity index (χ3v) is 1.90. The molecule has 0 bridgehead atoms. The third kappa shape index (κ3) is 3.24. The second kappa shape index (κ2) is 4.83. The van der Waals surface area contributed by atoms with Gasteiger partial charge in [-0.15, -0.1) is 0 Å². The van der Waals surface area contributed by atoms with E-state index in [0.717, 1.165) is 0 Å². The Bertz CT molecular complexity index is 379. The molecule has 0 saturated heterocycles. The van der Waals surface area contributed by atoms with Crippen LogP contribution in [-0.2, 0) is 0 Å². The first-order valence-corrected chi connectivity index (χ1v) is 4.39. The summed E-state index contributed by atoms with van der Waals surface area (Å²) < 4.78 is 0. The first-order valence-electron chi connectivity index (χ1n) is 3.63. The minimum Gasteiger partial charge on any atom is -0.350 e. The average molecular weight is 232 g/mol. The van der Waals surface area contributed by atoms with Gasteiger partial charge in [0.05, 0.1) is 11.2 Å². The van der Waals surface area contributed by atoms with Crippen LogP contribution in [0.2, 0.25) is 10.0 Å². The third-order valence-electron chi connectivity index (χ3n) is 1.34. The summed E-state index contributed by atoms with van der Waals surface area (Å²) in [6, 6.07) is 4.19. The van der Waals surface area contributed by atoms with Crippen LogP contribution in [-0.4, -0.2) is 12.2 Å². The van der Waals surface area contributed by atoms with Crippen molar-refractivity contribution in [1.82, 2.24) is 5.43 Å². The number of carbonyl (C=O) groups excluding carboxylic acids is 1. The van der Waals surface area contributed by atoms with Gasteiger partial charge in [0.2, 0.25) is 0 Å². The van der Waals surface area contributed by atoms with Crippen LogP contribution < -0.4 is 11.2 Å². The Kier molecular flexibility index (Phi) is 3.73. The number of nitrogens with one attached hydrogen (secondary N) is 1. The fraction of sp³-hybridized carbons (Fsp3) is 0. The van der Waals surface area contributed by atoms with Crippen LogP contribution in [0.3, 0.4) is 0 Å². The number of primary amides is 1. The Morgan fingerprint density at radius 2 is 2.21 bits per heavy atom. The number of urea groups is 1. The Labute approximate surface area is 90.7 Å². The van der Waals surface area contributed by atoms with Crippen molar-refractivity contribution >= 4 is 35.4 Å². The van der Waals surface area contributed by atoms with E-state index in [1.807, 2.05) is 0 Å². The van der Waals surface area contributed by atoms with Crippen LogP contribution in [0, 0.1) is 0 Å². The van der Waals surface area contributed by atoms with Crippen LogP contribution in [0.4, 0.5) is 4.79 Å². The quantitative estimate of drug-likeness (QED) is 0.594. The van der Waals surface area contributed by atoms with E-state index in [4.69, 9.17) is 28.9 Å². The summed E-state index contributed by atoms with van der Waals surface area (Å²) >= 11 is 11.5. The largest absolute Gasteiger partial charge is 0.350 e. The SMILES string of the molecule is NC(=O)N/N=C/c1ccc(Cl)cc1Cl. The van der Waals surface area contributed by atoms with Gasteiger partial charge in [-0.05, 0) is 12.1 Å². The standard InChI is InChI=1S/C8H7Cl2N3O/c9-6-2-1-5(7(10)3-6)4-12-13-8(11)14/h1-4H,(H3,11,13,14)/b12-4+. The van der Waals surface area contributed by atoms with Gasteiger partial charge >= 0.3 is 6.03 Å². The molecule has 0 atom stereocenters. The zero-order valence-electron chi connectivity index (χ0n) is 7.00. The van der Waals surface area contributed by atoms with E-state index in [2.05, 4.69) is 10.5 Å². The number of rotatable bonds is 2. The molecule has 3 N–H and O–H groups in total. The molecule has 6 heteroatoms. The molecular formula is C8H7Cl2N3O. The molecule has 1 aromatic carbocycles. The molecule has 0 fully saturated rings. The number of benzene rings is 1. The summed E-state index contributed by atoms with van der Waals surface area (Å²) in [4.78, 5) is 10.3. The molecule has 1 aromatic rings. The van der Waals surface area contributed by atoms with Crippen molar-refractivity contribution in [3.05, 3.63) is 33.8 Å². The molecule has 0 aromatic heterocycles. The molecule has 0 unspecified atom stereocenters. The fourth-order valence-electron chi connectivity index (χ4n) is 0.772. The van der Waals surface area contributed by atoms with Gasteiger partial charge in [-0.1, -0.05) is 29.3 Å². The summed E-state index contributed by atoms with van der Waals surface area (Å²) in [7, 11) is 0. The van der Waals surface area contributed by atoms with E-state index in [0.29, 0.717) is 15.6 Å². The second-order valence-corrected chi connectivity index (χ2v) is 3.24. The summed E-state index contributed by atoms with van der Waals surface area (Å²) in [6.07, 6.45) is 1.38. The van der Waals surface area contributed by atoms with Crippen molar-refractivity contribution in [3.8, 4) is 0 Å². The smallest absolute Gasteiger partial charge is 0.332 e. The van der Waals surface area contributed by atoms with E-state index in [1.165, 1.54) is 6.21 Å². The predicted molar refractivity (Wildman–Crippen MR) is 56.8 cm³/mol. The molecule has 74 valence electrons. The maximum absolute atomic E-state index is 10.3. The van der Waals surface area contributed by atoms with E-state index in [-0.39, 0.29) is 0 Å². The molecule has 0 aliphatic rings. The number of amides is 2. The van der Waals surface area contributed by atoms with Crippen LogP contribution in [0.15, 0.2) is 23.3 Å². The Hall–Kier alpha value is -1.26. The van der Waals surface area contributed by atoms with Crippen molar-refractivity contribution < 1.29 is 4.79 Å². The highest BCUT2D eigenvalue weighted by molar-refractivity contribution is 6.36. The number of hydrogen-bond donors (Lipinski definition) is 2. The van der Waals surface area contributed by atoms with Gasteiger partial charge in [0, 0.05) is 10.6 Å². The van der Waals surface area contributed by atoms with E-state index in [1.54, 1.807) is 18.2 Å². The minimum absolute atomic E-state index is 0.451. The lowest BCUT2D eigenvalue weighted by atomic mass is 10.2. The van der Waals surface area contributed by atoms with Gasteiger partial charge in [0.25, 0.3) is 0 Å². The number of nitrogens with two attached hydrogens (primary N) is 1. The predicted octanol–water partition coefficient (Wildman–Crippen LogP) is 2.00. The first-order chi connectivity index (χ1) is 6.59. The molecule has 0 saturated carbocycles. The van der Waals surface area contributed by atoms with Gasteiger partial charge in [-0.2, -0.15) is 5.10 Å². The molecule has 1 rings (SSSR count). The zero-order chi connectivity index (χ0) is 10.6. The lowest BCUT2D eigenvalue weighted by molar-refractivity contribution is 0.249. The number of carbonyl (C=O) groups is 1. The number of halogens is 2. The molecule has 0 spiro atoms. The molecule has 0 radical (unpaired) electrons. The van der Waals surface area contributed by atoms with Crippen molar-refractivity contribution in [1.29, 1.82) is 0 Å². The number of hydrogen-bond acceptors (Lipinski definition) is 2. The molecular weight excluding hydrogens is 225 g/mol. The van der Waals surface area contributed by atoms with Crippen molar-refractivity contribution in [3.63, 3.8) is 0 Å². The van der Waals surface area contributed by atoms with Crippen molar-refractivity contribution in [2.24, 2.45) is 10.8 Å². The van der Waals surface area contributed by atoms with Gasteiger partial charge in [0.1, 0.15) is 0 Å². The molecule has 2 amide bonds. The van der Waals surface area contributed by atoms with Gasteiger partial charge < -0.3 is 5.73 Å². The van der Waals surface area contributed by atoms with E-state index < -0.39 is 6.03 Å². The minimum atomic E-state index is -0.730. The van der Waals surface area contributed by atoms with E-state index in [9.17, 15) is 4.79 Å². The monoisotopic (exact) mass is 231 g/mol. The van der Waals surface area contributed by atoms with Crippen molar-refractivity contribution in [2.45, 2.75) is 0 Å². The second-order valence-electron chi connectivity index (χ2n) is 2.40. The van der Waals surface area contributed by atoms with Crippen molar-refractivity contribution in [2.75, 3.05) is 0 Å². The van der Waals surface area contributed by atoms with Crippen LogP contribution in [0.1, 0.15) is 5.56 Å². The summed E-state index contributed by atoms with van der Waals surface area (Å²) in [5.41, 5.74) is 7.50. The highest BCUT2D eigenvalue weighted by Gasteiger charge is 1.97. The lowest BCUT2D eigenvalue weighted by Gasteiger charge is -1.97. The maximum Gasteiger partial charge on any atom is 0.332 e. The van der Waals surface area contributed by atoms with Gasteiger partial charge in [-0.25, -0.2) is 10.2 Å². The topological polar surface area (TPSA) is 67.5 Å². The van der Waals surface area contributed by atoms with E-state index >= 15 is 0 Å². The normalized spacial score (nSPS) is 10.4.